The molecular formula is C18H20N2O5S. The third-order valence-corrected chi connectivity index (χ3v) is 7.11. The minimum absolute atomic E-state index is 0.0482. The Balaban J connectivity index is 2.18. The van der Waals surface area contributed by atoms with Crippen molar-refractivity contribution in [3.05, 3.63) is 63.2 Å². The molecule has 2 atom stereocenters. The molecule has 2 aliphatic rings. The van der Waals surface area contributed by atoms with Gasteiger partial charge in [-0.15, -0.1) is 0 Å². The lowest BCUT2D eigenvalue weighted by molar-refractivity contribution is -0.562. The summed E-state index contributed by atoms with van der Waals surface area (Å²) in [7, 11) is -4.21. The van der Waals surface area contributed by atoms with Crippen molar-refractivity contribution in [2.24, 2.45) is 0 Å². The number of aryl methyl sites for hydroxylation is 1. The fourth-order valence-electron chi connectivity index (χ4n) is 3.59. The van der Waals surface area contributed by atoms with Crippen LogP contribution in [0.4, 0.5) is 0 Å². The molecule has 1 heterocycles. The zero-order valence-corrected chi connectivity index (χ0v) is 15.6. The van der Waals surface area contributed by atoms with E-state index in [-0.39, 0.29) is 17.7 Å². The van der Waals surface area contributed by atoms with Crippen LogP contribution in [-0.2, 0) is 14.8 Å². The molecule has 7 nitrogen and oxygen atoms in total. The zero-order valence-electron chi connectivity index (χ0n) is 14.8. The number of carbonyl (C=O) groups is 1. The number of hydrogen-bond donors (Lipinski definition) is 0. The number of fused-ring (bicyclic) bond motifs is 1. The summed E-state index contributed by atoms with van der Waals surface area (Å²) in [5, 5.41) is 11.9. The van der Waals surface area contributed by atoms with Gasteiger partial charge in [0.05, 0.1) is 4.90 Å². The number of amides is 1. The first-order valence-electron chi connectivity index (χ1n) is 8.23. The highest BCUT2D eigenvalue weighted by Crippen LogP contribution is 2.42. The predicted octanol–water partition coefficient (Wildman–Crippen LogP) is 2.60. The number of hydrogen-bond acceptors (Lipinski definition) is 5. The third-order valence-electron chi connectivity index (χ3n) is 5.29. The van der Waals surface area contributed by atoms with E-state index in [2.05, 4.69) is 0 Å². The fourth-order valence-corrected chi connectivity index (χ4v) is 5.19. The molecule has 8 heteroatoms. The summed E-state index contributed by atoms with van der Waals surface area (Å²) in [6.45, 7) is 5.44. The van der Waals surface area contributed by atoms with Gasteiger partial charge in [-0.2, -0.15) is 0 Å². The van der Waals surface area contributed by atoms with Crippen molar-refractivity contribution >= 4 is 15.9 Å². The number of carbonyl (C=O) groups excluding carboxylic acids is 1. The SMILES string of the molecule is CC1=C(C)C[C@@]2([N+](=O)[O-])C=CC(=O)N(S(=O)(=O)c3ccc(C)cc3)[C@H]2C1. The standard InChI is InChI=1S/C18H20N2O5S/c1-12-4-6-15(7-5-12)26(24,25)19-16-10-13(2)14(3)11-18(16,20(22)23)9-8-17(19)21/h4-9,16H,10-11H2,1-3H3/t16-,18-/m0/s1. The van der Waals surface area contributed by atoms with Crippen LogP contribution in [0.15, 0.2) is 52.5 Å². The number of benzene rings is 1. The molecular weight excluding hydrogens is 356 g/mol. The van der Waals surface area contributed by atoms with Gasteiger partial charge >= 0.3 is 0 Å². The molecule has 0 spiro atoms. The zero-order chi connectivity index (χ0) is 19.3. The van der Waals surface area contributed by atoms with E-state index in [0.29, 0.717) is 4.31 Å². The Kier molecular flexibility index (Phi) is 4.26. The minimum atomic E-state index is -4.21. The maximum atomic E-state index is 13.1. The Labute approximate surface area is 152 Å². The van der Waals surface area contributed by atoms with E-state index < -0.39 is 32.4 Å². The molecule has 0 aromatic heterocycles. The van der Waals surface area contributed by atoms with E-state index >= 15 is 0 Å². The van der Waals surface area contributed by atoms with Crippen molar-refractivity contribution in [1.82, 2.24) is 4.31 Å². The summed E-state index contributed by atoms with van der Waals surface area (Å²) in [6.07, 6.45) is 2.50. The van der Waals surface area contributed by atoms with Crippen LogP contribution in [0.5, 0.6) is 0 Å². The number of nitrogens with zero attached hydrogens (tertiary/aromatic N) is 2. The Morgan fingerprint density at radius 3 is 2.35 bits per heavy atom. The van der Waals surface area contributed by atoms with Crippen molar-refractivity contribution < 1.29 is 18.1 Å². The van der Waals surface area contributed by atoms with Gasteiger partial charge in [0, 0.05) is 17.4 Å². The Hall–Kier alpha value is -2.48. The second-order valence-electron chi connectivity index (χ2n) is 6.99. The lowest BCUT2D eigenvalue weighted by Gasteiger charge is -2.43. The van der Waals surface area contributed by atoms with Gasteiger partial charge in [-0.1, -0.05) is 28.8 Å². The molecule has 1 aromatic rings. The van der Waals surface area contributed by atoms with Gasteiger partial charge in [0.1, 0.15) is 6.04 Å². The third kappa shape index (κ3) is 2.65. The van der Waals surface area contributed by atoms with Crippen LogP contribution in [0, 0.1) is 17.0 Å². The van der Waals surface area contributed by atoms with Gasteiger partial charge in [0.25, 0.3) is 21.5 Å². The van der Waals surface area contributed by atoms with E-state index in [4.69, 9.17) is 0 Å². The highest BCUT2D eigenvalue weighted by Gasteiger charge is 2.59. The molecule has 0 bridgehead atoms. The molecule has 1 aromatic carbocycles. The van der Waals surface area contributed by atoms with E-state index in [1.165, 1.54) is 18.2 Å². The average Bonchev–Trinajstić information content (AvgIpc) is 2.56. The van der Waals surface area contributed by atoms with Crippen LogP contribution in [-0.4, -0.2) is 35.1 Å². The molecule has 0 saturated heterocycles. The van der Waals surface area contributed by atoms with E-state index in [9.17, 15) is 23.3 Å². The van der Waals surface area contributed by atoms with Gasteiger partial charge < -0.3 is 0 Å². The molecule has 0 fully saturated rings. The van der Waals surface area contributed by atoms with Crippen LogP contribution in [0.25, 0.3) is 0 Å². The summed E-state index contributed by atoms with van der Waals surface area (Å²) < 4.78 is 27.0. The molecule has 0 radical (unpaired) electrons. The molecule has 1 aliphatic heterocycles. The molecule has 138 valence electrons. The quantitative estimate of drug-likeness (QED) is 0.459. The van der Waals surface area contributed by atoms with E-state index in [1.54, 1.807) is 19.1 Å². The number of sulfonamides is 1. The summed E-state index contributed by atoms with van der Waals surface area (Å²) in [4.78, 5) is 23.9. The van der Waals surface area contributed by atoms with Gasteiger partial charge in [0.2, 0.25) is 0 Å². The maximum Gasteiger partial charge on any atom is 0.267 e. The topological polar surface area (TPSA) is 97.6 Å². The first kappa shape index (κ1) is 18.3. The minimum Gasteiger partial charge on any atom is -0.269 e. The number of rotatable bonds is 3. The van der Waals surface area contributed by atoms with Crippen molar-refractivity contribution in [3.8, 4) is 0 Å². The van der Waals surface area contributed by atoms with Crippen LogP contribution < -0.4 is 0 Å². The molecule has 1 aliphatic carbocycles. The lowest BCUT2D eigenvalue weighted by atomic mass is 9.73. The smallest absolute Gasteiger partial charge is 0.267 e. The first-order chi connectivity index (χ1) is 12.1. The Morgan fingerprint density at radius 2 is 1.77 bits per heavy atom. The summed E-state index contributed by atoms with van der Waals surface area (Å²) >= 11 is 0. The van der Waals surface area contributed by atoms with E-state index in [0.717, 1.165) is 22.8 Å². The van der Waals surface area contributed by atoms with Gasteiger partial charge in [0.15, 0.2) is 0 Å². The molecule has 0 N–H and O–H groups in total. The molecule has 1 amide bonds. The van der Waals surface area contributed by atoms with Crippen molar-refractivity contribution in [1.29, 1.82) is 0 Å². The van der Waals surface area contributed by atoms with Gasteiger partial charge in [-0.25, -0.2) is 12.7 Å². The monoisotopic (exact) mass is 376 g/mol. The van der Waals surface area contributed by atoms with Crippen LogP contribution in [0.3, 0.4) is 0 Å². The molecule has 26 heavy (non-hydrogen) atoms. The lowest BCUT2D eigenvalue weighted by Crippen LogP contribution is -2.62. The van der Waals surface area contributed by atoms with Crippen molar-refractivity contribution in [3.63, 3.8) is 0 Å². The van der Waals surface area contributed by atoms with Crippen molar-refractivity contribution in [2.45, 2.75) is 50.1 Å². The highest BCUT2D eigenvalue weighted by atomic mass is 32.2. The van der Waals surface area contributed by atoms with Crippen LogP contribution in [0.1, 0.15) is 32.3 Å². The second-order valence-corrected chi connectivity index (χ2v) is 8.81. The summed E-state index contributed by atoms with van der Waals surface area (Å²) in [5.74, 6) is -0.750. The number of nitro groups is 1. The van der Waals surface area contributed by atoms with E-state index in [1.807, 2.05) is 13.8 Å². The normalized spacial score (nSPS) is 26.0. The summed E-state index contributed by atoms with van der Waals surface area (Å²) in [5.41, 5.74) is 0.972. The van der Waals surface area contributed by atoms with Crippen LogP contribution in [0.2, 0.25) is 0 Å². The predicted molar refractivity (Wildman–Crippen MR) is 95.5 cm³/mol. The maximum absolute atomic E-state index is 13.1. The Morgan fingerprint density at radius 1 is 1.15 bits per heavy atom. The van der Waals surface area contributed by atoms with Crippen molar-refractivity contribution in [2.75, 3.05) is 0 Å². The average molecular weight is 376 g/mol. The molecule has 0 saturated carbocycles. The largest absolute Gasteiger partial charge is 0.269 e. The highest BCUT2D eigenvalue weighted by molar-refractivity contribution is 7.89. The first-order valence-corrected chi connectivity index (χ1v) is 9.67. The van der Waals surface area contributed by atoms with Gasteiger partial charge in [-0.05, 0) is 45.4 Å². The summed E-state index contributed by atoms with van der Waals surface area (Å²) in [6, 6.07) is 5.02. The molecule has 0 unspecified atom stereocenters. The van der Waals surface area contributed by atoms with Crippen LogP contribution >= 0.6 is 0 Å². The fraction of sp³-hybridized carbons (Fsp3) is 0.389. The second kappa shape index (κ2) is 6.05. The van der Waals surface area contributed by atoms with Gasteiger partial charge in [-0.3, -0.25) is 14.9 Å². The molecule has 3 rings (SSSR count). The Bertz CT molecular complexity index is 946.